The van der Waals surface area contributed by atoms with E-state index in [2.05, 4.69) is 0 Å². The molecule has 0 spiro atoms. The Morgan fingerprint density at radius 1 is 0.955 bits per heavy atom. The monoisotopic (exact) mass is 321 g/mol. The molecule has 0 saturated heterocycles. The molecule has 0 aromatic heterocycles. The normalized spacial score (nSPS) is 12.8. The van der Waals surface area contributed by atoms with Gasteiger partial charge in [0.1, 0.15) is 11.7 Å². The Morgan fingerprint density at radius 3 is 1.68 bits per heavy atom. The number of rotatable bonds is 6. The zero-order chi connectivity index (χ0) is 15.3. The lowest BCUT2D eigenvalue weighted by molar-refractivity contribution is -0.0863. The molecule has 1 N–H and O–H groups in total. The molecule has 1 atom stereocenters. The first-order chi connectivity index (χ1) is 10.1. The number of methoxy groups -OCH3 is 1. The summed E-state index contributed by atoms with van der Waals surface area (Å²) in [5, 5.41) is 10.9. The van der Waals surface area contributed by atoms with E-state index in [1.807, 2.05) is 79.7 Å². The van der Waals surface area contributed by atoms with Gasteiger partial charge in [-0.2, -0.15) is 0 Å². The fourth-order valence-electron chi connectivity index (χ4n) is 2.77. The number of halogens is 1. The molecule has 0 aliphatic heterocycles. The molecule has 1 unspecified atom stereocenters. The Morgan fingerprint density at radius 2 is 1.36 bits per heavy atom. The molecule has 2 aromatic carbocycles. The number of benzene rings is 2. The van der Waals surface area contributed by atoms with Crippen LogP contribution in [0.25, 0.3) is 0 Å². The van der Waals surface area contributed by atoms with Gasteiger partial charge >= 0.3 is 0 Å². The lowest BCUT2D eigenvalue weighted by atomic mass is 9.81. The van der Waals surface area contributed by atoms with Crippen molar-refractivity contribution in [2.45, 2.75) is 11.7 Å². The summed E-state index contributed by atoms with van der Waals surface area (Å²) in [6.45, 7) is 0.512. The lowest BCUT2D eigenvalue weighted by Crippen LogP contribution is -2.47. The summed E-state index contributed by atoms with van der Waals surface area (Å²) < 4.78 is 5.90. The van der Waals surface area contributed by atoms with Gasteiger partial charge in [-0.25, -0.2) is 0 Å². The molecular weight excluding hydrogens is 298 g/mol. The smallest absolute Gasteiger partial charge is 0.145 e. The Bertz CT molecular complexity index is 506. The van der Waals surface area contributed by atoms with Gasteiger partial charge in [0.05, 0.1) is 0 Å². The molecule has 4 heteroatoms. The van der Waals surface area contributed by atoms with Gasteiger partial charge in [0.25, 0.3) is 0 Å². The van der Waals surface area contributed by atoms with Crippen LogP contribution in [0.1, 0.15) is 11.1 Å². The number of hydrogen-bond acceptors (Lipinski definition) is 3. The molecule has 0 aliphatic rings. The third-order valence-corrected chi connectivity index (χ3v) is 3.73. The average Bonchev–Trinajstić information content (AvgIpc) is 2.50. The topological polar surface area (TPSA) is 32.7 Å². The first kappa shape index (κ1) is 18.7. The third kappa shape index (κ3) is 3.68. The van der Waals surface area contributed by atoms with Crippen molar-refractivity contribution in [1.29, 1.82) is 0 Å². The van der Waals surface area contributed by atoms with Crippen LogP contribution in [0.3, 0.4) is 0 Å². The van der Waals surface area contributed by atoms with Gasteiger partial charge in [0, 0.05) is 13.7 Å². The van der Waals surface area contributed by atoms with Gasteiger partial charge in [-0.05, 0) is 25.2 Å². The fourth-order valence-corrected chi connectivity index (χ4v) is 2.77. The van der Waals surface area contributed by atoms with Gasteiger partial charge < -0.3 is 14.7 Å². The number of likely N-dealkylation sites (N-methyl/N-ethyl adjacent to an activating group) is 1. The van der Waals surface area contributed by atoms with Crippen LogP contribution in [0, 0.1) is 0 Å². The number of aliphatic hydroxyl groups excluding tert-OH is 1. The van der Waals surface area contributed by atoms with Crippen LogP contribution in [0.2, 0.25) is 0 Å². The van der Waals surface area contributed by atoms with E-state index in [0.717, 1.165) is 11.1 Å². The lowest BCUT2D eigenvalue weighted by Gasteiger charge is -2.39. The van der Waals surface area contributed by atoms with Crippen LogP contribution >= 0.6 is 12.4 Å². The quantitative estimate of drug-likeness (QED) is 0.888. The van der Waals surface area contributed by atoms with E-state index in [4.69, 9.17) is 4.74 Å². The minimum Gasteiger partial charge on any atom is -0.388 e. The van der Waals surface area contributed by atoms with Crippen molar-refractivity contribution in [2.24, 2.45) is 0 Å². The van der Waals surface area contributed by atoms with Crippen LogP contribution in [0.4, 0.5) is 0 Å². The maximum absolute atomic E-state index is 10.9. The standard InChI is InChI=1S/C18H23NO2.ClH/c1-19(2)14-17(20)18(21-3,15-10-6-4-7-11-15)16-12-8-5-9-13-16;/h4-13,17,20H,14H2,1-3H3;1H. The Hall–Kier alpha value is -1.39. The first-order valence-electron chi connectivity index (χ1n) is 7.10. The van der Waals surface area contributed by atoms with E-state index in [0.29, 0.717) is 6.54 Å². The maximum atomic E-state index is 10.9. The molecule has 0 saturated carbocycles. The Kier molecular flexibility index (Phi) is 7.04. The predicted molar refractivity (Wildman–Crippen MR) is 92.5 cm³/mol. The number of aliphatic hydroxyl groups is 1. The van der Waals surface area contributed by atoms with Crippen molar-refractivity contribution in [2.75, 3.05) is 27.7 Å². The van der Waals surface area contributed by atoms with Crippen LogP contribution < -0.4 is 0 Å². The molecule has 3 nitrogen and oxygen atoms in total. The summed E-state index contributed by atoms with van der Waals surface area (Å²) in [6, 6.07) is 19.8. The highest BCUT2D eigenvalue weighted by Gasteiger charge is 2.41. The number of hydrogen-bond donors (Lipinski definition) is 1. The average molecular weight is 322 g/mol. The summed E-state index contributed by atoms with van der Waals surface area (Å²) in [5.41, 5.74) is 1.04. The largest absolute Gasteiger partial charge is 0.388 e. The Balaban J connectivity index is 0.00000242. The molecule has 0 amide bonds. The highest BCUT2D eigenvalue weighted by molar-refractivity contribution is 5.85. The van der Waals surface area contributed by atoms with Gasteiger partial charge in [0.2, 0.25) is 0 Å². The molecular formula is C18H24ClNO2. The molecule has 22 heavy (non-hydrogen) atoms. The second-order valence-electron chi connectivity index (χ2n) is 5.45. The van der Waals surface area contributed by atoms with Gasteiger partial charge in [-0.3, -0.25) is 0 Å². The van der Waals surface area contributed by atoms with Gasteiger partial charge in [0.15, 0.2) is 0 Å². The predicted octanol–water partition coefficient (Wildman–Crippen LogP) is 2.92. The Labute approximate surface area is 138 Å². The van der Waals surface area contributed by atoms with Crippen molar-refractivity contribution in [1.82, 2.24) is 4.90 Å². The SMILES string of the molecule is COC(c1ccccc1)(c1ccccc1)C(O)CN(C)C.Cl. The van der Waals surface area contributed by atoms with E-state index in [1.165, 1.54) is 0 Å². The van der Waals surface area contributed by atoms with Crippen LogP contribution in [-0.4, -0.2) is 43.9 Å². The summed E-state index contributed by atoms with van der Waals surface area (Å²) >= 11 is 0. The van der Waals surface area contributed by atoms with Crippen molar-refractivity contribution in [3.63, 3.8) is 0 Å². The summed E-state index contributed by atoms with van der Waals surface area (Å²) in [5.74, 6) is 0. The van der Waals surface area contributed by atoms with Crippen molar-refractivity contribution < 1.29 is 9.84 Å². The summed E-state index contributed by atoms with van der Waals surface area (Å²) in [4.78, 5) is 1.96. The number of ether oxygens (including phenoxy) is 1. The second kappa shape index (κ2) is 8.30. The molecule has 2 rings (SSSR count). The van der Waals surface area contributed by atoms with E-state index in [-0.39, 0.29) is 12.4 Å². The van der Waals surface area contributed by atoms with Crippen LogP contribution in [0.5, 0.6) is 0 Å². The minimum absolute atomic E-state index is 0. The van der Waals surface area contributed by atoms with E-state index < -0.39 is 11.7 Å². The number of nitrogens with zero attached hydrogens (tertiary/aromatic N) is 1. The van der Waals surface area contributed by atoms with Crippen LogP contribution in [0.15, 0.2) is 60.7 Å². The highest BCUT2D eigenvalue weighted by Crippen LogP contribution is 2.36. The molecule has 0 radical (unpaired) electrons. The zero-order valence-corrected chi connectivity index (χ0v) is 14.1. The van der Waals surface area contributed by atoms with Crippen molar-refractivity contribution in [3.8, 4) is 0 Å². The van der Waals surface area contributed by atoms with E-state index in [9.17, 15) is 5.11 Å². The molecule has 0 aliphatic carbocycles. The summed E-state index contributed by atoms with van der Waals surface area (Å²) in [6.07, 6.45) is -0.678. The summed E-state index contributed by atoms with van der Waals surface area (Å²) in [7, 11) is 5.54. The third-order valence-electron chi connectivity index (χ3n) is 3.73. The zero-order valence-electron chi connectivity index (χ0n) is 13.3. The van der Waals surface area contributed by atoms with Crippen LogP contribution in [-0.2, 0) is 10.3 Å². The molecule has 0 fully saturated rings. The van der Waals surface area contributed by atoms with Crippen molar-refractivity contribution >= 4 is 12.4 Å². The van der Waals surface area contributed by atoms with E-state index in [1.54, 1.807) is 7.11 Å². The van der Waals surface area contributed by atoms with Gasteiger partial charge in [-0.1, -0.05) is 60.7 Å². The first-order valence-corrected chi connectivity index (χ1v) is 7.10. The van der Waals surface area contributed by atoms with Gasteiger partial charge in [-0.15, -0.1) is 12.4 Å². The molecule has 0 bridgehead atoms. The molecule has 120 valence electrons. The van der Waals surface area contributed by atoms with Crippen molar-refractivity contribution in [3.05, 3.63) is 71.8 Å². The van der Waals surface area contributed by atoms with E-state index >= 15 is 0 Å². The highest BCUT2D eigenvalue weighted by atomic mass is 35.5. The molecule has 2 aromatic rings. The fraction of sp³-hybridized carbons (Fsp3) is 0.333. The minimum atomic E-state index is -0.868. The maximum Gasteiger partial charge on any atom is 0.145 e. The molecule has 0 heterocycles. The second-order valence-corrected chi connectivity index (χ2v) is 5.45.